The first-order chi connectivity index (χ1) is 12.4. The number of primary amides is 1. The molecule has 1 amide bonds. The van der Waals surface area contributed by atoms with Crippen LogP contribution in [0.3, 0.4) is 0 Å². The smallest absolute Gasteiger partial charge is 0.412 e. The Labute approximate surface area is 151 Å². The molecule has 0 aliphatic heterocycles. The van der Waals surface area contributed by atoms with Gasteiger partial charge in [-0.2, -0.15) is 0 Å². The normalized spacial score (nSPS) is 11.0. The summed E-state index contributed by atoms with van der Waals surface area (Å²) >= 11 is 0. The number of esters is 1. The van der Waals surface area contributed by atoms with Gasteiger partial charge in [-0.15, -0.1) is 0 Å². The third-order valence-corrected chi connectivity index (χ3v) is 3.56. The first kappa shape index (κ1) is 19.0. The first-order valence-corrected chi connectivity index (χ1v) is 7.83. The number of nitrogens with zero attached hydrogens (tertiary/aromatic N) is 1. The van der Waals surface area contributed by atoms with Gasteiger partial charge in [0.25, 0.3) is 0 Å². The second-order valence-electron chi connectivity index (χ2n) is 5.55. The Bertz CT molecular complexity index is 846. The summed E-state index contributed by atoms with van der Waals surface area (Å²) in [4.78, 5) is 27.7. The highest BCUT2D eigenvalue weighted by Gasteiger charge is 2.22. The molecule has 0 heterocycles. The molecule has 0 aliphatic rings. The number of nitrogens with two attached hydrogens (primary N) is 1. The van der Waals surface area contributed by atoms with E-state index in [1.165, 1.54) is 7.11 Å². The minimum absolute atomic E-state index is 0.175. The highest BCUT2D eigenvalue weighted by molar-refractivity contribution is 6.44. The monoisotopic (exact) mass is 356 g/mol. The fraction of sp³-hybridized carbons (Fsp3) is 0.211. The van der Waals surface area contributed by atoms with Crippen LogP contribution in [0.4, 0.5) is 4.79 Å². The van der Waals surface area contributed by atoms with Crippen LogP contribution < -0.4 is 10.5 Å². The maximum Gasteiger partial charge on any atom is 0.412 e. The van der Waals surface area contributed by atoms with Crippen molar-refractivity contribution in [3.8, 4) is 5.75 Å². The molecule has 0 atom stereocenters. The average Bonchev–Trinajstić information content (AvgIpc) is 2.58. The number of benzene rings is 2. The molecule has 0 spiro atoms. The van der Waals surface area contributed by atoms with Gasteiger partial charge in [0.05, 0.1) is 0 Å². The van der Waals surface area contributed by atoms with Gasteiger partial charge in [0.1, 0.15) is 19.5 Å². The van der Waals surface area contributed by atoms with Gasteiger partial charge in [-0.1, -0.05) is 47.1 Å². The molecule has 136 valence electrons. The van der Waals surface area contributed by atoms with Crippen molar-refractivity contribution in [2.75, 3.05) is 7.11 Å². The predicted octanol–water partition coefficient (Wildman–Crippen LogP) is 2.85. The summed E-state index contributed by atoms with van der Waals surface area (Å²) in [5, 5.41) is 3.67. The molecular weight excluding hydrogens is 336 g/mol. The summed E-state index contributed by atoms with van der Waals surface area (Å²) in [6.45, 7) is 4.15. The van der Waals surface area contributed by atoms with Crippen molar-refractivity contribution in [1.29, 1.82) is 0 Å². The van der Waals surface area contributed by atoms with Gasteiger partial charge < -0.3 is 20.0 Å². The number of carbonyl (C=O) groups is 2. The van der Waals surface area contributed by atoms with E-state index >= 15 is 0 Å². The lowest BCUT2D eigenvalue weighted by Gasteiger charge is -2.13. The van der Waals surface area contributed by atoms with Crippen molar-refractivity contribution < 1.29 is 23.9 Å². The number of oxime groups is 1. The second-order valence-corrected chi connectivity index (χ2v) is 5.55. The average molecular weight is 356 g/mol. The van der Waals surface area contributed by atoms with E-state index in [1.807, 2.05) is 32.0 Å². The Morgan fingerprint density at radius 3 is 2.50 bits per heavy atom. The Hall–Kier alpha value is -3.35. The fourth-order valence-electron chi connectivity index (χ4n) is 2.42. The molecule has 7 nitrogen and oxygen atoms in total. The summed E-state index contributed by atoms with van der Waals surface area (Å²) in [5.74, 6) is -0.270. The molecule has 7 heteroatoms. The van der Waals surface area contributed by atoms with Crippen molar-refractivity contribution in [2.24, 2.45) is 10.9 Å². The van der Waals surface area contributed by atoms with E-state index in [4.69, 9.17) is 15.3 Å². The van der Waals surface area contributed by atoms with Crippen molar-refractivity contribution in [3.05, 3.63) is 64.7 Å². The first-order valence-electron chi connectivity index (χ1n) is 7.83. The summed E-state index contributed by atoms with van der Waals surface area (Å²) in [6.07, 6.45) is -1.22. The lowest BCUT2D eigenvalue weighted by Crippen LogP contribution is -2.26. The minimum atomic E-state index is -1.22. The van der Waals surface area contributed by atoms with E-state index in [-0.39, 0.29) is 12.3 Å². The van der Waals surface area contributed by atoms with Gasteiger partial charge in [0, 0.05) is 5.56 Å². The van der Waals surface area contributed by atoms with Gasteiger partial charge in [-0.3, -0.25) is 0 Å². The molecule has 0 saturated heterocycles. The number of hydrogen-bond donors (Lipinski definition) is 1. The van der Waals surface area contributed by atoms with E-state index in [9.17, 15) is 9.59 Å². The highest BCUT2D eigenvalue weighted by Crippen LogP contribution is 2.21. The largest absolute Gasteiger partial charge is 0.489 e. The van der Waals surface area contributed by atoms with E-state index < -0.39 is 12.1 Å². The van der Waals surface area contributed by atoms with E-state index in [0.29, 0.717) is 11.1 Å². The summed E-state index contributed by atoms with van der Waals surface area (Å²) in [6, 6.07) is 12.8. The van der Waals surface area contributed by atoms with E-state index in [1.54, 1.807) is 24.3 Å². The maximum atomic E-state index is 12.1. The van der Waals surface area contributed by atoms with E-state index in [0.717, 1.165) is 16.9 Å². The fourth-order valence-corrected chi connectivity index (χ4v) is 2.42. The Balaban J connectivity index is 2.29. The van der Waals surface area contributed by atoms with Gasteiger partial charge in [0.15, 0.2) is 5.71 Å². The lowest BCUT2D eigenvalue weighted by atomic mass is 10.0. The summed E-state index contributed by atoms with van der Waals surface area (Å²) in [5.41, 5.74) is 7.96. The van der Waals surface area contributed by atoms with Crippen LogP contribution >= 0.6 is 0 Å². The maximum absolute atomic E-state index is 12.1. The summed E-state index contributed by atoms with van der Waals surface area (Å²) in [7, 11) is 1.28. The predicted molar refractivity (Wildman–Crippen MR) is 95.9 cm³/mol. The summed E-state index contributed by atoms with van der Waals surface area (Å²) < 4.78 is 10.3. The Morgan fingerprint density at radius 2 is 1.85 bits per heavy atom. The van der Waals surface area contributed by atoms with Crippen LogP contribution in [-0.2, 0) is 21.0 Å². The zero-order valence-corrected chi connectivity index (χ0v) is 14.8. The van der Waals surface area contributed by atoms with Crippen molar-refractivity contribution in [2.45, 2.75) is 20.5 Å². The zero-order valence-electron chi connectivity index (χ0n) is 14.8. The molecule has 0 saturated carbocycles. The number of amides is 1. The molecular formula is C19H20N2O5. The van der Waals surface area contributed by atoms with Crippen LogP contribution in [0.15, 0.2) is 47.6 Å². The minimum Gasteiger partial charge on any atom is -0.489 e. The van der Waals surface area contributed by atoms with Crippen LogP contribution in [0, 0.1) is 13.8 Å². The Kier molecular flexibility index (Phi) is 6.32. The molecule has 2 aromatic rings. The lowest BCUT2D eigenvalue weighted by molar-refractivity contribution is -0.129. The molecule has 0 bridgehead atoms. The number of aryl methyl sites for hydroxylation is 2. The standard InChI is InChI=1S/C19H20N2O5/c1-12-8-9-16(13(2)10-12)25-11-14-6-4-5-7-15(14)17(21-24-3)18(22)26-19(20)23/h4-10H,11H2,1-3H3,(H2,20,23). The molecule has 0 aliphatic carbocycles. The van der Waals surface area contributed by atoms with Crippen LogP contribution in [0.25, 0.3) is 0 Å². The highest BCUT2D eigenvalue weighted by atomic mass is 16.6. The Morgan fingerprint density at radius 1 is 1.12 bits per heavy atom. The SMILES string of the molecule is CON=C(C(=O)OC(N)=O)c1ccccc1COc1ccc(C)cc1C. The van der Waals surface area contributed by atoms with Gasteiger partial charge in [-0.05, 0) is 31.0 Å². The van der Waals surface area contributed by atoms with Gasteiger partial charge in [-0.25, -0.2) is 9.59 Å². The molecule has 2 rings (SSSR count). The molecule has 0 radical (unpaired) electrons. The van der Waals surface area contributed by atoms with Crippen molar-refractivity contribution in [3.63, 3.8) is 0 Å². The number of ether oxygens (including phenoxy) is 2. The van der Waals surface area contributed by atoms with Crippen LogP contribution in [0.2, 0.25) is 0 Å². The number of rotatable bonds is 6. The van der Waals surface area contributed by atoms with Crippen molar-refractivity contribution >= 4 is 17.8 Å². The number of carbonyl (C=O) groups excluding carboxylic acids is 2. The topological polar surface area (TPSA) is 100 Å². The number of hydrogen-bond acceptors (Lipinski definition) is 6. The van der Waals surface area contributed by atoms with Gasteiger partial charge in [0.2, 0.25) is 0 Å². The van der Waals surface area contributed by atoms with E-state index in [2.05, 4.69) is 9.89 Å². The molecule has 0 unspecified atom stereocenters. The molecule has 2 aromatic carbocycles. The molecule has 2 N–H and O–H groups in total. The molecule has 0 aromatic heterocycles. The third-order valence-electron chi connectivity index (χ3n) is 3.56. The van der Waals surface area contributed by atoms with Gasteiger partial charge >= 0.3 is 12.1 Å². The van der Waals surface area contributed by atoms with Crippen molar-refractivity contribution in [1.82, 2.24) is 0 Å². The van der Waals surface area contributed by atoms with Crippen LogP contribution in [0.1, 0.15) is 22.3 Å². The third kappa shape index (κ3) is 4.83. The quantitative estimate of drug-likeness (QED) is 0.371. The zero-order chi connectivity index (χ0) is 19.1. The van der Waals surface area contributed by atoms with Crippen LogP contribution in [0.5, 0.6) is 5.75 Å². The molecule has 26 heavy (non-hydrogen) atoms. The van der Waals surface area contributed by atoms with Crippen LogP contribution in [-0.4, -0.2) is 24.9 Å². The molecule has 0 fully saturated rings. The second kappa shape index (κ2) is 8.66.